The predicted octanol–water partition coefficient (Wildman–Crippen LogP) is 2.42. The lowest BCUT2D eigenvalue weighted by Crippen LogP contribution is -2.43. The van der Waals surface area contributed by atoms with Gasteiger partial charge >= 0.3 is 0 Å². The molecule has 0 spiro atoms. The highest BCUT2D eigenvalue weighted by Crippen LogP contribution is 2.20. The number of ether oxygens (including phenoxy) is 1. The third-order valence-corrected chi connectivity index (χ3v) is 3.89. The minimum Gasteiger partial charge on any atom is -0.497 e. The molecule has 2 rings (SSSR count). The van der Waals surface area contributed by atoms with E-state index in [4.69, 9.17) is 17.0 Å². The van der Waals surface area contributed by atoms with Crippen LogP contribution in [0.2, 0.25) is 0 Å². The summed E-state index contributed by atoms with van der Waals surface area (Å²) in [5.74, 6) is 0.855. The maximum Gasteiger partial charge on any atom is 0.173 e. The van der Waals surface area contributed by atoms with E-state index in [-0.39, 0.29) is 0 Å². The maximum atomic E-state index is 5.55. The van der Waals surface area contributed by atoms with Crippen molar-refractivity contribution in [1.82, 2.24) is 9.80 Å². The Hall–Kier alpha value is -1.33. The Morgan fingerprint density at radius 1 is 1.40 bits per heavy atom. The van der Waals surface area contributed by atoms with Crippen molar-refractivity contribution in [2.24, 2.45) is 0 Å². The molecule has 5 heteroatoms. The van der Waals surface area contributed by atoms with Crippen molar-refractivity contribution in [1.29, 1.82) is 0 Å². The molecule has 1 fully saturated rings. The Kier molecular flexibility index (Phi) is 5.20. The summed E-state index contributed by atoms with van der Waals surface area (Å²) in [6.45, 7) is 2.09. The van der Waals surface area contributed by atoms with Gasteiger partial charge in [0.2, 0.25) is 0 Å². The normalized spacial score (nSPS) is 18.4. The van der Waals surface area contributed by atoms with Gasteiger partial charge < -0.3 is 19.9 Å². The number of hydrogen-bond donors (Lipinski definition) is 1. The van der Waals surface area contributed by atoms with Crippen LogP contribution in [0.15, 0.2) is 24.3 Å². The molecule has 0 bridgehead atoms. The van der Waals surface area contributed by atoms with E-state index in [2.05, 4.69) is 29.2 Å². The zero-order chi connectivity index (χ0) is 14.5. The number of methoxy groups -OCH3 is 1. The van der Waals surface area contributed by atoms with Crippen LogP contribution in [0.4, 0.5) is 5.69 Å². The highest BCUT2D eigenvalue weighted by molar-refractivity contribution is 7.80. The van der Waals surface area contributed by atoms with Crippen LogP contribution in [0.1, 0.15) is 12.8 Å². The average molecular weight is 293 g/mol. The number of rotatable bonds is 4. The van der Waals surface area contributed by atoms with E-state index in [1.807, 2.05) is 24.3 Å². The average Bonchev–Trinajstić information content (AvgIpc) is 2.87. The monoisotopic (exact) mass is 293 g/mol. The zero-order valence-electron chi connectivity index (χ0n) is 12.4. The molecule has 0 saturated carbocycles. The minimum atomic E-state index is 0.517. The molecule has 1 atom stereocenters. The quantitative estimate of drug-likeness (QED) is 0.861. The van der Waals surface area contributed by atoms with Gasteiger partial charge in [0.15, 0.2) is 5.11 Å². The lowest BCUT2D eigenvalue weighted by atomic mass is 10.2. The topological polar surface area (TPSA) is 27.7 Å². The first kappa shape index (κ1) is 15.1. The first-order chi connectivity index (χ1) is 9.60. The number of likely N-dealkylation sites (tertiary alicyclic amines) is 1. The SMILES string of the molecule is COc1ccc(NC(=S)N2CCCC2CN(C)C)cc1. The van der Waals surface area contributed by atoms with Gasteiger partial charge in [0.25, 0.3) is 0 Å². The first-order valence-corrected chi connectivity index (χ1v) is 7.37. The number of anilines is 1. The Morgan fingerprint density at radius 3 is 2.70 bits per heavy atom. The molecule has 1 aromatic carbocycles. The van der Waals surface area contributed by atoms with Crippen molar-refractivity contribution >= 4 is 23.0 Å². The molecular weight excluding hydrogens is 270 g/mol. The second kappa shape index (κ2) is 6.90. The zero-order valence-corrected chi connectivity index (χ0v) is 13.2. The van der Waals surface area contributed by atoms with Gasteiger partial charge in [-0.15, -0.1) is 0 Å². The van der Waals surface area contributed by atoms with E-state index in [0.29, 0.717) is 6.04 Å². The van der Waals surface area contributed by atoms with Gasteiger partial charge in [-0.25, -0.2) is 0 Å². The smallest absolute Gasteiger partial charge is 0.173 e. The van der Waals surface area contributed by atoms with Gasteiger partial charge in [0, 0.05) is 24.8 Å². The lowest BCUT2D eigenvalue weighted by molar-refractivity contribution is 0.288. The number of hydrogen-bond acceptors (Lipinski definition) is 3. The van der Waals surface area contributed by atoms with Crippen molar-refractivity contribution in [2.75, 3.05) is 39.6 Å². The molecule has 1 N–H and O–H groups in total. The molecule has 0 radical (unpaired) electrons. The molecule has 0 amide bonds. The highest BCUT2D eigenvalue weighted by Gasteiger charge is 2.26. The number of thiocarbonyl (C=S) groups is 1. The van der Waals surface area contributed by atoms with Crippen LogP contribution < -0.4 is 10.1 Å². The first-order valence-electron chi connectivity index (χ1n) is 6.96. The van der Waals surface area contributed by atoms with E-state index in [1.165, 1.54) is 12.8 Å². The molecule has 1 aliphatic heterocycles. The lowest BCUT2D eigenvalue weighted by Gasteiger charge is -2.29. The summed E-state index contributed by atoms with van der Waals surface area (Å²) in [6.07, 6.45) is 2.42. The van der Waals surface area contributed by atoms with Crippen molar-refractivity contribution in [3.63, 3.8) is 0 Å². The van der Waals surface area contributed by atoms with Crippen LogP contribution in [-0.4, -0.2) is 55.2 Å². The third-order valence-electron chi connectivity index (χ3n) is 3.56. The molecule has 1 saturated heterocycles. The Labute approximate surface area is 126 Å². The van der Waals surface area contributed by atoms with Crippen LogP contribution >= 0.6 is 12.2 Å². The summed E-state index contributed by atoms with van der Waals surface area (Å²) in [5.41, 5.74) is 1.01. The maximum absolute atomic E-state index is 5.55. The second-order valence-corrected chi connectivity index (χ2v) is 5.80. The van der Waals surface area contributed by atoms with E-state index >= 15 is 0 Å². The molecule has 1 heterocycles. The Morgan fingerprint density at radius 2 is 2.10 bits per heavy atom. The summed E-state index contributed by atoms with van der Waals surface area (Å²) in [4.78, 5) is 4.53. The molecular formula is C15H23N3OS. The van der Waals surface area contributed by atoms with Gasteiger partial charge in [-0.05, 0) is 63.4 Å². The van der Waals surface area contributed by atoms with E-state index in [9.17, 15) is 0 Å². The standard InChI is InChI=1S/C15H23N3OS/c1-17(2)11-13-5-4-10-18(13)15(20)16-12-6-8-14(19-3)9-7-12/h6-9,13H,4-5,10-11H2,1-3H3,(H,16,20). The van der Waals surface area contributed by atoms with Crippen molar-refractivity contribution < 1.29 is 4.74 Å². The van der Waals surface area contributed by atoms with Crippen molar-refractivity contribution in [3.05, 3.63) is 24.3 Å². The van der Waals surface area contributed by atoms with Crippen LogP contribution in [0.5, 0.6) is 5.75 Å². The molecule has 0 aliphatic carbocycles. The van der Waals surface area contributed by atoms with Gasteiger partial charge in [-0.2, -0.15) is 0 Å². The largest absolute Gasteiger partial charge is 0.497 e. The Balaban J connectivity index is 1.96. The summed E-state index contributed by atoms with van der Waals surface area (Å²) in [5, 5.41) is 4.14. The van der Waals surface area contributed by atoms with Crippen LogP contribution in [0.25, 0.3) is 0 Å². The van der Waals surface area contributed by atoms with Gasteiger partial charge in [0.05, 0.1) is 7.11 Å². The summed E-state index contributed by atoms with van der Waals surface area (Å²) in [6, 6.07) is 8.37. The van der Waals surface area contributed by atoms with E-state index in [0.717, 1.165) is 29.6 Å². The third kappa shape index (κ3) is 3.84. The molecule has 1 unspecified atom stereocenters. The molecule has 1 aromatic rings. The van der Waals surface area contributed by atoms with Crippen molar-refractivity contribution in [3.8, 4) is 5.75 Å². The van der Waals surface area contributed by atoms with Crippen molar-refractivity contribution in [2.45, 2.75) is 18.9 Å². The fraction of sp³-hybridized carbons (Fsp3) is 0.533. The fourth-order valence-electron chi connectivity index (χ4n) is 2.58. The number of nitrogens with one attached hydrogen (secondary N) is 1. The number of nitrogens with zero attached hydrogens (tertiary/aromatic N) is 2. The summed E-state index contributed by atoms with van der Waals surface area (Å²) < 4.78 is 5.16. The minimum absolute atomic E-state index is 0.517. The summed E-state index contributed by atoms with van der Waals surface area (Å²) >= 11 is 5.55. The second-order valence-electron chi connectivity index (χ2n) is 5.41. The molecule has 1 aliphatic rings. The van der Waals surface area contributed by atoms with E-state index < -0.39 is 0 Å². The highest BCUT2D eigenvalue weighted by atomic mass is 32.1. The fourth-order valence-corrected chi connectivity index (χ4v) is 2.94. The van der Waals surface area contributed by atoms with Gasteiger partial charge in [-0.3, -0.25) is 0 Å². The van der Waals surface area contributed by atoms with Crippen LogP contribution in [0, 0.1) is 0 Å². The summed E-state index contributed by atoms with van der Waals surface area (Å²) in [7, 11) is 5.88. The Bertz CT molecular complexity index is 447. The number of likely N-dealkylation sites (N-methyl/N-ethyl adjacent to an activating group) is 1. The van der Waals surface area contributed by atoms with Crippen LogP contribution in [-0.2, 0) is 0 Å². The predicted molar refractivity (Wildman–Crippen MR) is 87.5 cm³/mol. The molecule has 20 heavy (non-hydrogen) atoms. The van der Waals surface area contributed by atoms with E-state index in [1.54, 1.807) is 7.11 Å². The van der Waals surface area contributed by atoms with Crippen LogP contribution in [0.3, 0.4) is 0 Å². The molecule has 4 nitrogen and oxygen atoms in total. The van der Waals surface area contributed by atoms with Gasteiger partial charge in [0.1, 0.15) is 5.75 Å². The molecule has 0 aromatic heterocycles. The number of benzene rings is 1. The molecule has 110 valence electrons. The van der Waals surface area contributed by atoms with Gasteiger partial charge in [-0.1, -0.05) is 0 Å².